The van der Waals surface area contributed by atoms with Crippen molar-refractivity contribution in [2.45, 2.75) is 282 Å². The quantitative estimate of drug-likeness (QED) is 0.0310. The molecular weight excluding hydrogens is 743 g/mol. The van der Waals surface area contributed by atoms with Gasteiger partial charge in [-0.2, -0.15) is 0 Å². The highest BCUT2D eigenvalue weighted by Crippen LogP contribution is 2.16. The maximum Gasteiger partial charge on any atom is 0.249 e. The lowest BCUT2D eigenvalue weighted by atomic mass is 10.00. The molecule has 0 aliphatic rings. The predicted molar refractivity (Wildman–Crippen MR) is 260 cm³/mol. The first-order valence-corrected chi connectivity index (χ1v) is 26.0. The van der Waals surface area contributed by atoms with Crippen molar-refractivity contribution in [1.29, 1.82) is 0 Å². The average Bonchev–Trinajstić information content (AvgIpc) is 3.25. The van der Waals surface area contributed by atoms with Gasteiger partial charge >= 0.3 is 0 Å². The van der Waals surface area contributed by atoms with Crippen molar-refractivity contribution in [1.82, 2.24) is 5.32 Å². The molecule has 60 heavy (non-hydrogen) atoms. The smallest absolute Gasteiger partial charge is 0.249 e. The van der Waals surface area contributed by atoms with Crippen molar-refractivity contribution in [2.75, 3.05) is 6.61 Å². The maximum atomic E-state index is 12.5. The van der Waals surface area contributed by atoms with Gasteiger partial charge in [0.2, 0.25) is 5.91 Å². The number of allylic oxidation sites excluding steroid dienone is 8. The normalized spacial score (nSPS) is 14.3. The third-order valence-corrected chi connectivity index (χ3v) is 12.0. The van der Waals surface area contributed by atoms with Crippen LogP contribution in [-0.2, 0) is 4.79 Å². The van der Waals surface area contributed by atoms with Gasteiger partial charge in [0, 0.05) is 0 Å². The molecule has 0 bridgehead atoms. The Morgan fingerprint density at radius 1 is 0.417 bits per heavy atom. The van der Waals surface area contributed by atoms with E-state index in [1.807, 2.05) is 0 Å². The van der Waals surface area contributed by atoms with Crippen LogP contribution in [0.2, 0.25) is 0 Å². The molecule has 0 heterocycles. The summed E-state index contributed by atoms with van der Waals surface area (Å²) in [4.78, 5) is 12.5. The minimum atomic E-state index is -1.30. The molecule has 5 N–H and O–H groups in total. The second-order valence-electron chi connectivity index (χ2n) is 17.8. The number of unbranched alkanes of at least 4 members (excludes halogenated alkanes) is 30. The summed E-state index contributed by atoms with van der Waals surface area (Å²) < 4.78 is 0. The highest BCUT2D eigenvalue weighted by molar-refractivity contribution is 5.80. The molecular formula is C54H101NO5. The Bertz CT molecular complexity index is 993. The van der Waals surface area contributed by atoms with Crippen LogP contribution in [-0.4, -0.2) is 57.3 Å². The van der Waals surface area contributed by atoms with Gasteiger partial charge in [0.1, 0.15) is 12.2 Å². The van der Waals surface area contributed by atoms with Crippen molar-refractivity contribution in [3.63, 3.8) is 0 Å². The summed E-state index contributed by atoms with van der Waals surface area (Å²) in [6, 6.07) is -1.01. The highest BCUT2D eigenvalue weighted by atomic mass is 16.3. The van der Waals surface area contributed by atoms with E-state index in [0.717, 1.165) is 57.8 Å². The number of amides is 1. The Balaban J connectivity index is 3.72. The van der Waals surface area contributed by atoms with Crippen LogP contribution in [0.25, 0.3) is 0 Å². The van der Waals surface area contributed by atoms with Crippen LogP contribution in [0.4, 0.5) is 0 Å². The minimum absolute atomic E-state index is 0.346. The molecule has 0 aliphatic carbocycles. The van der Waals surface area contributed by atoms with Crippen molar-refractivity contribution < 1.29 is 25.2 Å². The third-order valence-electron chi connectivity index (χ3n) is 12.0. The monoisotopic (exact) mass is 844 g/mol. The van der Waals surface area contributed by atoms with E-state index in [1.165, 1.54) is 167 Å². The van der Waals surface area contributed by atoms with Gasteiger partial charge in [-0.25, -0.2) is 0 Å². The van der Waals surface area contributed by atoms with Gasteiger partial charge < -0.3 is 25.7 Å². The molecule has 0 aromatic rings. The lowest BCUT2D eigenvalue weighted by Crippen LogP contribution is -2.53. The SMILES string of the molecule is CCCCC/C=C\C/C=C\CCCCCCCCC(O)C(=O)NC(CO)C(O)C(O)CCC/C=C/CC/C=C/CCCCCCCCCCCCCCCCCCCCC. The van der Waals surface area contributed by atoms with Gasteiger partial charge in [0.05, 0.1) is 18.8 Å². The molecule has 6 heteroatoms. The van der Waals surface area contributed by atoms with E-state index in [2.05, 4.69) is 67.8 Å². The fraction of sp³-hybridized carbons (Fsp3) is 0.833. The number of rotatable bonds is 47. The third kappa shape index (κ3) is 41.6. The summed E-state index contributed by atoms with van der Waals surface area (Å²) in [6.07, 6.45) is 60.3. The topological polar surface area (TPSA) is 110 Å². The molecule has 0 saturated heterocycles. The van der Waals surface area contributed by atoms with Crippen molar-refractivity contribution >= 4 is 5.91 Å². The summed E-state index contributed by atoms with van der Waals surface area (Å²) in [6.45, 7) is 4.02. The van der Waals surface area contributed by atoms with Crippen LogP contribution in [0, 0.1) is 0 Å². The average molecular weight is 844 g/mol. The number of hydrogen-bond acceptors (Lipinski definition) is 5. The molecule has 0 spiro atoms. The first kappa shape index (κ1) is 58.3. The lowest BCUT2D eigenvalue weighted by molar-refractivity contribution is -0.132. The number of carbonyl (C=O) groups excluding carboxylic acids is 1. The zero-order chi connectivity index (χ0) is 43.8. The van der Waals surface area contributed by atoms with Crippen molar-refractivity contribution in [3.8, 4) is 0 Å². The van der Waals surface area contributed by atoms with E-state index in [1.54, 1.807) is 0 Å². The van der Waals surface area contributed by atoms with E-state index in [9.17, 15) is 25.2 Å². The Hall–Kier alpha value is -1.73. The van der Waals surface area contributed by atoms with E-state index >= 15 is 0 Å². The van der Waals surface area contributed by atoms with Gasteiger partial charge in [0.15, 0.2) is 0 Å². The van der Waals surface area contributed by atoms with E-state index in [4.69, 9.17) is 0 Å². The Morgan fingerprint density at radius 3 is 1.18 bits per heavy atom. The van der Waals surface area contributed by atoms with E-state index in [0.29, 0.717) is 19.3 Å². The molecule has 352 valence electrons. The van der Waals surface area contributed by atoms with Crippen LogP contribution < -0.4 is 5.32 Å². The van der Waals surface area contributed by atoms with Crippen LogP contribution >= 0.6 is 0 Å². The standard InChI is InChI=1S/C54H101NO5/c1-3-5-7-9-11-13-15-17-19-21-22-23-24-25-26-27-28-29-30-31-32-34-35-37-39-41-43-45-47-51(57)53(59)50(49-56)55-54(60)52(58)48-46-44-42-40-38-36-33-20-18-16-14-12-10-8-6-4-2/h12,14,18,20,32,34,39,41,50-53,56-59H,3-11,13,15-17,19,21-31,33,35-38,40,42-49H2,1-2H3,(H,55,60)/b14-12-,20-18-,34-32+,41-39+. The minimum Gasteiger partial charge on any atom is -0.394 e. The second-order valence-corrected chi connectivity index (χ2v) is 17.8. The summed E-state index contributed by atoms with van der Waals surface area (Å²) in [5.74, 6) is -0.606. The van der Waals surface area contributed by atoms with Gasteiger partial charge in [-0.05, 0) is 83.5 Å². The first-order chi connectivity index (χ1) is 29.5. The number of carbonyl (C=O) groups is 1. The maximum absolute atomic E-state index is 12.5. The van der Waals surface area contributed by atoms with Gasteiger partial charge in [0.25, 0.3) is 0 Å². The molecule has 0 aliphatic heterocycles. The molecule has 4 unspecified atom stereocenters. The molecule has 6 nitrogen and oxygen atoms in total. The zero-order valence-corrected chi connectivity index (χ0v) is 39.7. The summed E-state index contributed by atoms with van der Waals surface area (Å²) in [5, 5.41) is 43.8. The number of hydrogen-bond donors (Lipinski definition) is 5. The molecule has 0 rings (SSSR count). The molecule has 1 amide bonds. The molecule has 0 aromatic carbocycles. The summed E-state index contributed by atoms with van der Waals surface area (Å²) >= 11 is 0. The Morgan fingerprint density at radius 2 is 0.750 bits per heavy atom. The summed E-state index contributed by atoms with van der Waals surface area (Å²) in [5.41, 5.74) is 0. The van der Waals surface area contributed by atoms with Crippen LogP contribution in [0.3, 0.4) is 0 Å². The molecule has 0 aromatic heterocycles. The van der Waals surface area contributed by atoms with Gasteiger partial charge in [-0.15, -0.1) is 0 Å². The predicted octanol–water partition coefficient (Wildman–Crippen LogP) is 14.6. The molecule has 0 saturated carbocycles. The van der Waals surface area contributed by atoms with Crippen molar-refractivity contribution in [2.24, 2.45) is 0 Å². The fourth-order valence-corrected chi connectivity index (χ4v) is 7.86. The zero-order valence-electron chi connectivity index (χ0n) is 39.7. The highest BCUT2D eigenvalue weighted by Gasteiger charge is 2.28. The van der Waals surface area contributed by atoms with Crippen LogP contribution in [0.15, 0.2) is 48.6 Å². The number of aliphatic hydroxyl groups is 4. The van der Waals surface area contributed by atoms with Gasteiger partial charge in [-0.3, -0.25) is 4.79 Å². The second kappa shape index (κ2) is 48.3. The Labute approximate surface area is 372 Å². The Kier molecular flexibility index (Phi) is 46.9. The van der Waals surface area contributed by atoms with Crippen LogP contribution in [0.1, 0.15) is 258 Å². The largest absolute Gasteiger partial charge is 0.394 e. The molecule has 0 fully saturated rings. The van der Waals surface area contributed by atoms with Gasteiger partial charge in [-0.1, -0.05) is 223 Å². The van der Waals surface area contributed by atoms with E-state index < -0.39 is 36.9 Å². The van der Waals surface area contributed by atoms with Crippen LogP contribution in [0.5, 0.6) is 0 Å². The number of aliphatic hydroxyl groups excluding tert-OH is 4. The van der Waals surface area contributed by atoms with E-state index in [-0.39, 0.29) is 0 Å². The lowest BCUT2D eigenvalue weighted by Gasteiger charge is -2.27. The van der Waals surface area contributed by atoms with Crippen molar-refractivity contribution in [3.05, 3.63) is 48.6 Å². The fourth-order valence-electron chi connectivity index (χ4n) is 7.86. The molecule has 0 radical (unpaired) electrons. The number of nitrogens with one attached hydrogen (secondary N) is 1. The summed E-state index contributed by atoms with van der Waals surface area (Å²) in [7, 11) is 0. The first-order valence-electron chi connectivity index (χ1n) is 26.0. The molecule has 4 atom stereocenters.